The number of nitrogens with zero attached hydrogens (tertiary/aromatic N) is 1. The number of amides is 3. The lowest BCUT2D eigenvalue weighted by Gasteiger charge is -2.34. The maximum atomic E-state index is 13.9. The van der Waals surface area contributed by atoms with Crippen LogP contribution in [0.25, 0.3) is 0 Å². The molecule has 5 atom stereocenters. The molecule has 3 heterocycles. The van der Waals surface area contributed by atoms with Crippen LogP contribution in [0, 0.1) is 11.8 Å². The zero-order chi connectivity index (χ0) is 22.6. The molecule has 174 valence electrons. The number of hydrogen-bond donors (Lipinski definition) is 2. The Hall–Kier alpha value is -2.67. The van der Waals surface area contributed by atoms with Crippen LogP contribution in [0.15, 0.2) is 42.5 Å². The van der Waals surface area contributed by atoms with Gasteiger partial charge in [0.25, 0.3) is 0 Å². The average Bonchev–Trinajstić information content (AvgIpc) is 3.37. The van der Waals surface area contributed by atoms with Crippen LogP contribution in [0.2, 0.25) is 0 Å². The van der Waals surface area contributed by atoms with Crippen molar-refractivity contribution in [1.82, 2.24) is 15.5 Å². The number of nitrogens with one attached hydrogen (secondary N) is 2. The van der Waals surface area contributed by atoms with E-state index >= 15 is 0 Å². The maximum absolute atomic E-state index is 13.9. The number of benzene rings is 1. The molecule has 2 N–H and O–H groups in total. The molecule has 3 amide bonds. The van der Waals surface area contributed by atoms with Crippen LogP contribution in [0.3, 0.4) is 0 Å². The molecule has 2 saturated carbocycles. The van der Waals surface area contributed by atoms with Crippen LogP contribution in [0.4, 0.5) is 0 Å². The first kappa shape index (κ1) is 20.9. The zero-order valence-electron chi connectivity index (χ0n) is 18.7. The van der Waals surface area contributed by atoms with Gasteiger partial charge < -0.3 is 20.3 Å². The van der Waals surface area contributed by atoms with Crippen molar-refractivity contribution in [3.63, 3.8) is 0 Å². The number of rotatable bonds is 6. The summed E-state index contributed by atoms with van der Waals surface area (Å²) in [6, 6.07) is 9.27. The van der Waals surface area contributed by atoms with Gasteiger partial charge in [0, 0.05) is 18.6 Å². The molecule has 7 heteroatoms. The van der Waals surface area contributed by atoms with Crippen molar-refractivity contribution < 1.29 is 19.1 Å². The summed E-state index contributed by atoms with van der Waals surface area (Å²) in [5, 5.41) is 6.29. The van der Waals surface area contributed by atoms with Crippen LogP contribution >= 0.6 is 0 Å². The number of fused-ring (bicyclic) bond motifs is 1. The molecule has 4 fully saturated rings. The van der Waals surface area contributed by atoms with Gasteiger partial charge in [0.1, 0.15) is 11.6 Å². The molecule has 6 rings (SSSR count). The van der Waals surface area contributed by atoms with Crippen molar-refractivity contribution in [2.24, 2.45) is 11.8 Å². The van der Waals surface area contributed by atoms with Gasteiger partial charge in [-0.05, 0) is 31.2 Å². The zero-order valence-corrected chi connectivity index (χ0v) is 18.7. The third-order valence-electron chi connectivity index (χ3n) is 8.00. The van der Waals surface area contributed by atoms with E-state index in [9.17, 15) is 14.4 Å². The van der Waals surface area contributed by atoms with Crippen molar-refractivity contribution in [1.29, 1.82) is 0 Å². The second-order valence-corrected chi connectivity index (χ2v) is 10.3. The second kappa shape index (κ2) is 7.97. The highest BCUT2D eigenvalue weighted by Crippen LogP contribution is 2.55. The Kier molecular flexibility index (Phi) is 5.05. The molecule has 5 unspecified atom stereocenters. The molecule has 2 saturated heterocycles. The van der Waals surface area contributed by atoms with Gasteiger partial charge in [-0.1, -0.05) is 61.7 Å². The SMILES string of the molecule is O=C(NC1CC1)C1C2C=CC3(O2)C1C(=O)N(Cc1ccccc1)C3C(=O)NC1CCCCC1. The van der Waals surface area contributed by atoms with E-state index < -0.39 is 29.6 Å². The van der Waals surface area contributed by atoms with Gasteiger partial charge in [0.05, 0.1) is 17.9 Å². The molecule has 0 radical (unpaired) electrons. The van der Waals surface area contributed by atoms with Crippen LogP contribution in [0.5, 0.6) is 0 Å². The molecule has 1 aromatic rings. The van der Waals surface area contributed by atoms with E-state index in [0.29, 0.717) is 6.54 Å². The van der Waals surface area contributed by atoms with Crippen molar-refractivity contribution in [3.8, 4) is 0 Å². The van der Waals surface area contributed by atoms with Crippen LogP contribution in [-0.4, -0.2) is 52.5 Å². The number of ether oxygens (including phenoxy) is 1. The van der Waals surface area contributed by atoms with E-state index in [0.717, 1.165) is 44.1 Å². The summed E-state index contributed by atoms with van der Waals surface area (Å²) in [7, 11) is 0. The largest absolute Gasteiger partial charge is 0.359 e. The molecule has 7 nitrogen and oxygen atoms in total. The van der Waals surface area contributed by atoms with Crippen molar-refractivity contribution in [2.75, 3.05) is 0 Å². The first-order valence-electron chi connectivity index (χ1n) is 12.4. The Labute approximate surface area is 193 Å². The van der Waals surface area contributed by atoms with Crippen LogP contribution in [-0.2, 0) is 25.7 Å². The molecule has 5 aliphatic rings. The molecule has 2 aliphatic carbocycles. The smallest absolute Gasteiger partial charge is 0.246 e. The highest BCUT2D eigenvalue weighted by Gasteiger charge is 2.72. The van der Waals surface area contributed by atoms with E-state index in [1.54, 1.807) is 4.90 Å². The first-order chi connectivity index (χ1) is 16.1. The first-order valence-corrected chi connectivity index (χ1v) is 12.4. The fourth-order valence-electron chi connectivity index (χ4n) is 6.27. The number of carbonyl (C=O) groups is 3. The molecule has 3 aliphatic heterocycles. The Morgan fingerprint density at radius 2 is 1.67 bits per heavy atom. The maximum Gasteiger partial charge on any atom is 0.246 e. The van der Waals surface area contributed by atoms with E-state index in [1.807, 2.05) is 42.5 Å². The fourth-order valence-corrected chi connectivity index (χ4v) is 6.27. The number of likely N-dealkylation sites (tertiary alicyclic amines) is 1. The lowest BCUT2D eigenvalue weighted by molar-refractivity contribution is -0.142. The predicted molar refractivity (Wildman–Crippen MR) is 121 cm³/mol. The highest BCUT2D eigenvalue weighted by molar-refractivity contribution is 6.00. The highest BCUT2D eigenvalue weighted by atomic mass is 16.5. The molecule has 33 heavy (non-hydrogen) atoms. The lowest BCUT2D eigenvalue weighted by Crippen LogP contribution is -2.56. The predicted octanol–water partition coefficient (Wildman–Crippen LogP) is 2.06. The van der Waals surface area contributed by atoms with Crippen molar-refractivity contribution in [3.05, 3.63) is 48.0 Å². The molecule has 0 aromatic heterocycles. The summed E-state index contributed by atoms with van der Waals surface area (Å²) in [5.41, 5.74) is -0.129. The van der Waals surface area contributed by atoms with E-state index in [1.165, 1.54) is 6.42 Å². The van der Waals surface area contributed by atoms with Gasteiger partial charge in [-0.2, -0.15) is 0 Å². The Bertz CT molecular complexity index is 985. The van der Waals surface area contributed by atoms with Crippen molar-refractivity contribution >= 4 is 17.7 Å². The number of carbonyl (C=O) groups excluding carboxylic acids is 3. The number of hydrogen-bond acceptors (Lipinski definition) is 4. The fraction of sp³-hybridized carbons (Fsp3) is 0.577. The summed E-state index contributed by atoms with van der Waals surface area (Å²) in [6.45, 7) is 0.319. The van der Waals surface area contributed by atoms with E-state index in [2.05, 4.69) is 10.6 Å². The molecule has 2 bridgehead atoms. The molecule has 1 aromatic carbocycles. The van der Waals surface area contributed by atoms with Gasteiger partial charge in [0.2, 0.25) is 17.7 Å². The third-order valence-corrected chi connectivity index (χ3v) is 8.00. The molecular formula is C26H31N3O4. The summed E-state index contributed by atoms with van der Waals surface area (Å²) in [5.74, 6) is -1.71. The van der Waals surface area contributed by atoms with E-state index in [4.69, 9.17) is 4.74 Å². The minimum atomic E-state index is -1.08. The summed E-state index contributed by atoms with van der Waals surface area (Å²) < 4.78 is 6.39. The van der Waals surface area contributed by atoms with E-state index in [-0.39, 0.29) is 29.8 Å². The summed E-state index contributed by atoms with van der Waals surface area (Å²) in [4.78, 5) is 42.4. The van der Waals surface area contributed by atoms with Gasteiger partial charge in [-0.3, -0.25) is 14.4 Å². The third kappa shape index (κ3) is 3.48. The summed E-state index contributed by atoms with van der Waals surface area (Å²) in [6.07, 6.45) is 10.6. The average molecular weight is 450 g/mol. The summed E-state index contributed by atoms with van der Waals surface area (Å²) >= 11 is 0. The van der Waals surface area contributed by atoms with Gasteiger partial charge in [-0.25, -0.2) is 0 Å². The monoisotopic (exact) mass is 449 g/mol. The van der Waals surface area contributed by atoms with Crippen LogP contribution in [0.1, 0.15) is 50.5 Å². The Balaban J connectivity index is 1.33. The quantitative estimate of drug-likeness (QED) is 0.651. The lowest BCUT2D eigenvalue weighted by atomic mass is 9.74. The van der Waals surface area contributed by atoms with Gasteiger partial charge >= 0.3 is 0 Å². The normalized spacial score (nSPS) is 35.0. The second-order valence-electron chi connectivity index (χ2n) is 10.3. The standard InChI is InChI=1S/C26H31N3O4/c30-23(27-18-11-12-18)20-19-13-14-26(33-19)21(20)25(32)29(15-16-7-3-1-4-8-16)22(26)24(31)28-17-9-5-2-6-10-17/h1,3-4,7-8,13-14,17-22H,2,5-6,9-12,15H2,(H,27,30)(H,28,31). The van der Waals surface area contributed by atoms with Crippen molar-refractivity contribution in [2.45, 2.75) is 81.3 Å². The van der Waals surface area contributed by atoms with Gasteiger partial charge in [0.15, 0.2) is 0 Å². The Morgan fingerprint density at radius 1 is 0.970 bits per heavy atom. The molecule has 1 spiro atoms. The Morgan fingerprint density at radius 3 is 2.39 bits per heavy atom. The molecular weight excluding hydrogens is 418 g/mol. The van der Waals surface area contributed by atoms with Gasteiger partial charge in [-0.15, -0.1) is 0 Å². The minimum absolute atomic E-state index is 0.125. The van der Waals surface area contributed by atoms with Crippen LogP contribution < -0.4 is 10.6 Å². The minimum Gasteiger partial charge on any atom is -0.359 e. The topological polar surface area (TPSA) is 87.7 Å².